The Morgan fingerprint density at radius 2 is 1.62 bits per heavy atom. The van der Waals surface area contributed by atoms with Gasteiger partial charge in [-0.15, -0.1) is 0 Å². The van der Waals surface area contributed by atoms with Crippen molar-refractivity contribution in [2.75, 3.05) is 6.54 Å². The Balaban J connectivity index is 2.55. The lowest BCUT2D eigenvalue weighted by Crippen LogP contribution is -2.24. The molecule has 21 heavy (non-hydrogen) atoms. The second-order valence-electron chi connectivity index (χ2n) is 5.47. The molecule has 0 aromatic heterocycles. The molecule has 0 bridgehead atoms. The number of rotatable bonds is 4. The van der Waals surface area contributed by atoms with E-state index >= 15 is 0 Å². The lowest BCUT2D eigenvalue weighted by atomic mass is 9.92. The molecule has 0 saturated carbocycles. The molecule has 1 N–H and O–H groups in total. The predicted octanol–water partition coefficient (Wildman–Crippen LogP) is 4.59. The fourth-order valence-electron chi connectivity index (χ4n) is 2.62. The van der Waals surface area contributed by atoms with E-state index in [2.05, 4.69) is 11.4 Å². The first-order chi connectivity index (χ1) is 9.93. The number of hydrogen-bond acceptors (Lipinski definition) is 1. The molecule has 0 spiro atoms. The van der Waals surface area contributed by atoms with Crippen LogP contribution in [0, 0.1) is 32.4 Å². The molecule has 0 heterocycles. The van der Waals surface area contributed by atoms with Crippen LogP contribution in [0.25, 0.3) is 0 Å². The summed E-state index contributed by atoms with van der Waals surface area (Å²) in [5.41, 5.74) is 3.88. The van der Waals surface area contributed by atoms with Gasteiger partial charge in [-0.05, 0) is 56.1 Å². The van der Waals surface area contributed by atoms with Gasteiger partial charge in [0, 0.05) is 5.56 Å². The molecule has 0 radical (unpaired) electrons. The Hall–Kier alpha value is -1.74. The molecule has 2 rings (SSSR count). The van der Waals surface area contributed by atoms with Crippen LogP contribution in [0.3, 0.4) is 0 Å². The van der Waals surface area contributed by atoms with E-state index in [0.717, 1.165) is 16.7 Å². The fraction of sp³-hybridized carbons (Fsp3) is 0.333. The molecule has 0 saturated heterocycles. The molecule has 1 atom stereocenters. The van der Waals surface area contributed by atoms with E-state index < -0.39 is 0 Å². The highest BCUT2D eigenvalue weighted by Gasteiger charge is 2.20. The topological polar surface area (TPSA) is 12.0 Å². The van der Waals surface area contributed by atoms with Gasteiger partial charge in [0.05, 0.1) is 6.04 Å². The highest BCUT2D eigenvalue weighted by Crippen LogP contribution is 2.29. The summed E-state index contributed by atoms with van der Waals surface area (Å²) in [6.45, 7) is 8.22. The molecular weight excluding hydrogens is 268 g/mol. The Bertz CT molecular complexity index is 650. The van der Waals surface area contributed by atoms with Crippen molar-refractivity contribution < 1.29 is 8.78 Å². The van der Waals surface area contributed by atoms with E-state index in [-0.39, 0.29) is 17.7 Å². The first-order valence-corrected chi connectivity index (χ1v) is 7.20. The van der Waals surface area contributed by atoms with Crippen LogP contribution in [0.2, 0.25) is 0 Å². The van der Waals surface area contributed by atoms with Crippen molar-refractivity contribution in [3.05, 3.63) is 69.8 Å². The molecule has 1 nitrogen and oxygen atoms in total. The predicted molar refractivity (Wildman–Crippen MR) is 82.5 cm³/mol. The zero-order valence-corrected chi connectivity index (χ0v) is 12.9. The van der Waals surface area contributed by atoms with E-state index in [1.165, 1.54) is 12.1 Å². The molecule has 0 fully saturated rings. The van der Waals surface area contributed by atoms with Crippen LogP contribution in [-0.4, -0.2) is 6.54 Å². The van der Waals surface area contributed by atoms with Crippen molar-refractivity contribution in [3.63, 3.8) is 0 Å². The minimum Gasteiger partial charge on any atom is -0.306 e. The smallest absolute Gasteiger partial charge is 0.128 e. The first-order valence-electron chi connectivity index (χ1n) is 7.20. The molecule has 0 aliphatic carbocycles. The number of aryl methyl sites for hydroxylation is 3. The van der Waals surface area contributed by atoms with Crippen molar-refractivity contribution in [1.29, 1.82) is 0 Å². The van der Waals surface area contributed by atoms with Crippen molar-refractivity contribution in [2.45, 2.75) is 33.7 Å². The van der Waals surface area contributed by atoms with Gasteiger partial charge >= 0.3 is 0 Å². The van der Waals surface area contributed by atoms with Crippen molar-refractivity contribution in [2.24, 2.45) is 0 Å². The van der Waals surface area contributed by atoms with E-state index in [1.807, 2.05) is 32.9 Å². The van der Waals surface area contributed by atoms with E-state index in [9.17, 15) is 8.78 Å². The monoisotopic (exact) mass is 289 g/mol. The Morgan fingerprint density at radius 3 is 2.24 bits per heavy atom. The quantitative estimate of drug-likeness (QED) is 0.868. The second-order valence-corrected chi connectivity index (χ2v) is 5.47. The molecule has 0 aliphatic heterocycles. The van der Waals surface area contributed by atoms with Crippen LogP contribution in [-0.2, 0) is 0 Å². The molecule has 0 amide bonds. The third-order valence-corrected chi connectivity index (χ3v) is 3.73. The maximum absolute atomic E-state index is 14.3. The van der Waals surface area contributed by atoms with Crippen LogP contribution >= 0.6 is 0 Å². The summed E-state index contributed by atoms with van der Waals surface area (Å²) in [6, 6.07) is 8.26. The third-order valence-electron chi connectivity index (χ3n) is 3.73. The Labute approximate surface area is 125 Å². The summed E-state index contributed by atoms with van der Waals surface area (Å²) in [5.74, 6) is -0.751. The van der Waals surface area contributed by atoms with Crippen molar-refractivity contribution in [3.8, 4) is 0 Å². The third kappa shape index (κ3) is 3.30. The van der Waals surface area contributed by atoms with Gasteiger partial charge in [-0.3, -0.25) is 0 Å². The standard InChI is InChI=1S/C18H21F2N/c1-5-21-18(14-7-6-11(2)8-12(14)3)15-10-16(19)13(4)9-17(15)20/h6-10,18,21H,5H2,1-4H3. The number of halogens is 2. The Morgan fingerprint density at radius 1 is 0.905 bits per heavy atom. The molecule has 112 valence electrons. The number of nitrogens with one attached hydrogen (secondary N) is 1. The lowest BCUT2D eigenvalue weighted by Gasteiger charge is -2.22. The minimum absolute atomic E-state index is 0.326. The van der Waals surface area contributed by atoms with E-state index in [0.29, 0.717) is 17.7 Å². The summed E-state index contributed by atoms with van der Waals surface area (Å²) in [6.07, 6.45) is 0. The maximum Gasteiger partial charge on any atom is 0.128 e. The normalized spacial score (nSPS) is 12.5. The maximum atomic E-state index is 14.3. The van der Waals surface area contributed by atoms with Crippen molar-refractivity contribution >= 4 is 0 Å². The molecule has 2 aromatic carbocycles. The minimum atomic E-state index is -0.376. The van der Waals surface area contributed by atoms with Crippen LogP contribution in [0.1, 0.15) is 40.8 Å². The zero-order chi connectivity index (χ0) is 15.6. The first kappa shape index (κ1) is 15.6. The van der Waals surface area contributed by atoms with E-state index in [1.54, 1.807) is 6.92 Å². The average molecular weight is 289 g/mol. The average Bonchev–Trinajstić information content (AvgIpc) is 2.41. The van der Waals surface area contributed by atoms with E-state index in [4.69, 9.17) is 0 Å². The van der Waals surface area contributed by atoms with Gasteiger partial charge < -0.3 is 5.32 Å². The highest BCUT2D eigenvalue weighted by atomic mass is 19.1. The fourth-order valence-corrected chi connectivity index (χ4v) is 2.62. The van der Waals surface area contributed by atoms with Gasteiger partial charge in [-0.2, -0.15) is 0 Å². The summed E-state index contributed by atoms with van der Waals surface area (Å²) < 4.78 is 28.1. The van der Waals surface area contributed by atoms with Gasteiger partial charge in [-0.1, -0.05) is 30.7 Å². The number of hydrogen-bond donors (Lipinski definition) is 1. The van der Waals surface area contributed by atoms with Gasteiger partial charge in [0.2, 0.25) is 0 Å². The van der Waals surface area contributed by atoms with Crippen LogP contribution in [0.4, 0.5) is 8.78 Å². The molecule has 0 aliphatic rings. The zero-order valence-electron chi connectivity index (χ0n) is 12.9. The highest BCUT2D eigenvalue weighted by molar-refractivity contribution is 5.40. The van der Waals surface area contributed by atoms with Gasteiger partial charge in [0.1, 0.15) is 11.6 Å². The van der Waals surface area contributed by atoms with Crippen LogP contribution in [0.15, 0.2) is 30.3 Å². The summed E-state index contributed by atoms with van der Waals surface area (Å²) in [7, 11) is 0. The number of benzene rings is 2. The summed E-state index contributed by atoms with van der Waals surface area (Å²) in [5, 5.41) is 3.26. The van der Waals surface area contributed by atoms with Gasteiger partial charge in [0.25, 0.3) is 0 Å². The summed E-state index contributed by atoms with van der Waals surface area (Å²) in [4.78, 5) is 0. The van der Waals surface area contributed by atoms with Crippen molar-refractivity contribution in [1.82, 2.24) is 5.32 Å². The largest absolute Gasteiger partial charge is 0.306 e. The summed E-state index contributed by atoms with van der Waals surface area (Å²) >= 11 is 0. The molecular formula is C18H21F2N. The second kappa shape index (κ2) is 6.35. The Kier molecular flexibility index (Phi) is 4.73. The SMILES string of the molecule is CCNC(c1ccc(C)cc1C)c1cc(F)c(C)cc1F. The van der Waals surface area contributed by atoms with Gasteiger partial charge in [0.15, 0.2) is 0 Å². The van der Waals surface area contributed by atoms with Gasteiger partial charge in [-0.25, -0.2) is 8.78 Å². The van der Waals surface area contributed by atoms with Crippen LogP contribution in [0.5, 0.6) is 0 Å². The molecule has 3 heteroatoms. The molecule has 1 unspecified atom stereocenters. The lowest BCUT2D eigenvalue weighted by molar-refractivity contribution is 0.540. The molecule has 2 aromatic rings. The van der Waals surface area contributed by atoms with Crippen LogP contribution < -0.4 is 5.32 Å².